The summed E-state index contributed by atoms with van der Waals surface area (Å²) in [6, 6.07) is 42.1. The molecule has 1 aliphatic heterocycles. The highest BCUT2D eigenvalue weighted by atomic mass is 15.3. The molecule has 2 unspecified atom stereocenters. The van der Waals surface area contributed by atoms with Gasteiger partial charge >= 0.3 is 0 Å². The van der Waals surface area contributed by atoms with Gasteiger partial charge in [0.05, 0.1) is 11.0 Å². The first-order chi connectivity index (χ1) is 22.6. The van der Waals surface area contributed by atoms with Gasteiger partial charge in [-0.1, -0.05) is 123 Å². The number of aromatic nitrogens is 1. The fraction of sp³-hybridized carbons (Fsp3) is 0.140. The standard InChI is InChI=1S/C43H35N3/c1-43(2)37-17-8-6-15-33(37)35-26-36-34-16-7-9-18-40(34)46(41(36)27-38(35)43)42-44-24-23-39(45-42)32-14-10-13-31(25-32)30-21-19-29(20-22-30)28-11-4-3-5-12-28/h3-19,21-27,29,42,45H,20H2,1-2H3. The monoisotopic (exact) mass is 593 g/mol. The zero-order chi connectivity index (χ0) is 30.8. The zero-order valence-electron chi connectivity index (χ0n) is 26.1. The number of nitrogens with zero attached hydrogens (tertiary/aromatic N) is 2. The van der Waals surface area contributed by atoms with Gasteiger partial charge in [0.1, 0.15) is 0 Å². The Hall–Kier alpha value is -5.41. The van der Waals surface area contributed by atoms with Crippen LogP contribution < -0.4 is 5.32 Å². The summed E-state index contributed by atoms with van der Waals surface area (Å²) < 4.78 is 2.38. The Bertz CT molecular complexity index is 2290. The van der Waals surface area contributed by atoms with Crippen LogP contribution in [0.2, 0.25) is 0 Å². The molecule has 46 heavy (non-hydrogen) atoms. The first kappa shape index (κ1) is 26.9. The average Bonchev–Trinajstić information content (AvgIpc) is 3.56. The number of rotatable bonds is 4. The van der Waals surface area contributed by atoms with E-state index in [-0.39, 0.29) is 11.7 Å². The van der Waals surface area contributed by atoms with Gasteiger partial charge in [-0.05, 0) is 81.3 Å². The average molecular weight is 594 g/mol. The van der Waals surface area contributed by atoms with Gasteiger partial charge in [0.2, 0.25) is 6.29 Å². The fourth-order valence-corrected chi connectivity index (χ4v) is 7.84. The van der Waals surface area contributed by atoms with E-state index in [1.54, 1.807) is 0 Å². The van der Waals surface area contributed by atoms with Gasteiger partial charge in [-0.25, -0.2) is 4.99 Å². The molecule has 2 aliphatic carbocycles. The van der Waals surface area contributed by atoms with Gasteiger partial charge in [0, 0.05) is 34.0 Å². The van der Waals surface area contributed by atoms with Crippen molar-refractivity contribution in [3.8, 4) is 11.1 Å². The molecule has 3 aliphatic rings. The van der Waals surface area contributed by atoms with Crippen molar-refractivity contribution in [2.75, 3.05) is 0 Å². The predicted octanol–water partition coefficient (Wildman–Crippen LogP) is 10.4. The summed E-state index contributed by atoms with van der Waals surface area (Å²) in [5.41, 5.74) is 13.9. The summed E-state index contributed by atoms with van der Waals surface area (Å²) in [6.45, 7) is 4.69. The number of hydrogen-bond donors (Lipinski definition) is 1. The number of fused-ring (bicyclic) bond motifs is 6. The molecule has 3 heteroatoms. The molecule has 0 radical (unpaired) electrons. The Morgan fingerprint density at radius 2 is 1.52 bits per heavy atom. The molecular weight excluding hydrogens is 558 g/mol. The van der Waals surface area contributed by atoms with Crippen LogP contribution in [0.1, 0.15) is 60.3 Å². The van der Waals surface area contributed by atoms with Crippen LogP contribution in [-0.4, -0.2) is 10.8 Å². The first-order valence-corrected chi connectivity index (χ1v) is 16.3. The maximum absolute atomic E-state index is 4.99. The van der Waals surface area contributed by atoms with Crippen LogP contribution in [0.15, 0.2) is 145 Å². The largest absolute Gasteiger partial charge is 0.346 e. The zero-order valence-corrected chi connectivity index (χ0v) is 26.1. The van der Waals surface area contributed by atoms with E-state index in [1.165, 1.54) is 60.8 Å². The number of benzene rings is 5. The summed E-state index contributed by atoms with van der Waals surface area (Å²) in [5.74, 6) is 0.431. The quantitative estimate of drug-likeness (QED) is 0.216. The second-order valence-electron chi connectivity index (χ2n) is 13.2. The lowest BCUT2D eigenvalue weighted by atomic mass is 9.82. The minimum absolute atomic E-state index is 0.0699. The van der Waals surface area contributed by atoms with Crippen molar-refractivity contribution < 1.29 is 0 Å². The van der Waals surface area contributed by atoms with Gasteiger partial charge in [-0.15, -0.1) is 0 Å². The lowest BCUT2D eigenvalue weighted by Gasteiger charge is -2.26. The molecule has 2 atom stereocenters. The Morgan fingerprint density at radius 1 is 0.717 bits per heavy atom. The SMILES string of the molecule is CC1(C)c2ccccc2-c2cc3c4ccccc4n(C4N=CC=C(c5cccc(C6=CCC(c7ccccc7)C=C6)c5)N4)c3cc21. The van der Waals surface area contributed by atoms with Crippen molar-refractivity contribution in [1.82, 2.24) is 9.88 Å². The van der Waals surface area contributed by atoms with E-state index in [4.69, 9.17) is 4.99 Å². The van der Waals surface area contributed by atoms with Gasteiger partial charge in [0.25, 0.3) is 0 Å². The lowest BCUT2D eigenvalue weighted by molar-refractivity contribution is 0.510. The van der Waals surface area contributed by atoms with Gasteiger partial charge < -0.3 is 9.88 Å². The summed E-state index contributed by atoms with van der Waals surface area (Å²) in [6.07, 6.45) is 11.8. The van der Waals surface area contributed by atoms with Crippen LogP contribution in [0.4, 0.5) is 0 Å². The van der Waals surface area contributed by atoms with E-state index in [0.717, 1.165) is 17.7 Å². The molecule has 0 spiro atoms. The van der Waals surface area contributed by atoms with Gasteiger partial charge in [0.15, 0.2) is 0 Å². The van der Waals surface area contributed by atoms with Crippen LogP contribution in [0.5, 0.6) is 0 Å². The Balaban J connectivity index is 1.07. The molecule has 0 saturated carbocycles. The third kappa shape index (κ3) is 4.15. The molecule has 1 aromatic heterocycles. The van der Waals surface area contributed by atoms with Crippen LogP contribution in [-0.2, 0) is 5.41 Å². The Labute approximate surface area is 269 Å². The Kier molecular flexibility index (Phi) is 6.04. The van der Waals surface area contributed by atoms with E-state index >= 15 is 0 Å². The van der Waals surface area contributed by atoms with E-state index in [1.807, 2.05) is 6.21 Å². The third-order valence-corrected chi connectivity index (χ3v) is 10.2. The minimum Gasteiger partial charge on any atom is -0.346 e. The fourth-order valence-electron chi connectivity index (χ4n) is 7.84. The van der Waals surface area contributed by atoms with E-state index in [2.05, 4.69) is 163 Å². The Morgan fingerprint density at radius 3 is 2.39 bits per heavy atom. The predicted molar refractivity (Wildman–Crippen MR) is 193 cm³/mol. The first-order valence-electron chi connectivity index (χ1n) is 16.3. The number of aliphatic imine (C=N–C) groups is 1. The highest BCUT2D eigenvalue weighted by molar-refractivity contribution is 6.10. The van der Waals surface area contributed by atoms with Crippen molar-refractivity contribution in [3.05, 3.63) is 167 Å². The highest BCUT2D eigenvalue weighted by Crippen LogP contribution is 2.51. The number of para-hydroxylation sites is 1. The molecule has 222 valence electrons. The van der Waals surface area contributed by atoms with Crippen LogP contribution in [0, 0.1) is 0 Å². The summed E-state index contributed by atoms with van der Waals surface area (Å²) in [5, 5.41) is 6.33. The topological polar surface area (TPSA) is 29.3 Å². The van der Waals surface area contributed by atoms with Crippen LogP contribution >= 0.6 is 0 Å². The van der Waals surface area contributed by atoms with E-state index in [9.17, 15) is 0 Å². The molecule has 0 amide bonds. The van der Waals surface area contributed by atoms with Crippen molar-refractivity contribution in [3.63, 3.8) is 0 Å². The maximum Gasteiger partial charge on any atom is 0.200 e. The molecule has 3 nitrogen and oxygen atoms in total. The lowest BCUT2D eigenvalue weighted by Crippen LogP contribution is -2.26. The van der Waals surface area contributed by atoms with Gasteiger partial charge in [-0.2, -0.15) is 0 Å². The highest BCUT2D eigenvalue weighted by Gasteiger charge is 2.36. The van der Waals surface area contributed by atoms with Gasteiger partial charge in [-0.3, -0.25) is 0 Å². The molecule has 0 saturated heterocycles. The molecule has 6 aromatic rings. The second kappa shape index (κ2) is 10.3. The smallest absolute Gasteiger partial charge is 0.200 e. The summed E-state index contributed by atoms with van der Waals surface area (Å²) in [7, 11) is 0. The normalized spacial score (nSPS) is 19.4. The molecule has 2 heterocycles. The molecule has 0 bridgehead atoms. The molecule has 9 rings (SSSR count). The number of nitrogens with one attached hydrogen (secondary N) is 1. The molecule has 0 fully saturated rings. The van der Waals surface area contributed by atoms with E-state index < -0.39 is 0 Å². The van der Waals surface area contributed by atoms with Crippen LogP contribution in [0.25, 0.3) is 44.2 Å². The minimum atomic E-state index is -0.267. The molecule has 5 aromatic carbocycles. The van der Waals surface area contributed by atoms with E-state index in [0.29, 0.717) is 5.92 Å². The molecular formula is C43H35N3. The van der Waals surface area contributed by atoms with Crippen molar-refractivity contribution in [1.29, 1.82) is 0 Å². The van der Waals surface area contributed by atoms with Crippen molar-refractivity contribution in [2.45, 2.75) is 37.9 Å². The maximum atomic E-state index is 4.99. The number of hydrogen-bond acceptors (Lipinski definition) is 2. The number of allylic oxidation sites excluding steroid dienone is 5. The van der Waals surface area contributed by atoms with Crippen molar-refractivity contribution >= 4 is 39.3 Å². The summed E-state index contributed by atoms with van der Waals surface area (Å²) in [4.78, 5) is 4.99. The third-order valence-electron chi connectivity index (χ3n) is 10.2. The summed E-state index contributed by atoms with van der Waals surface area (Å²) >= 11 is 0. The second-order valence-corrected chi connectivity index (χ2v) is 13.2. The molecule has 1 N–H and O–H groups in total. The van der Waals surface area contributed by atoms with Crippen molar-refractivity contribution in [2.24, 2.45) is 4.99 Å². The van der Waals surface area contributed by atoms with Crippen LogP contribution in [0.3, 0.4) is 0 Å².